The van der Waals surface area contributed by atoms with Gasteiger partial charge in [-0.15, -0.1) is 11.6 Å². The van der Waals surface area contributed by atoms with E-state index in [0.717, 1.165) is 31.5 Å². The first kappa shape index (κ1) is 15.4. The Labute approximate surface area is 120 Å². The van der Waals surface area contributed by atoms with Gasteiger partial charge in [0, 0.05) is 18.8 Å². The molecular weight excluding hydrogens is 315 g/mol. The third-order valence-corrected chi connectivity index (χ3v) is 5.04. The van der Waals surface area contributed by atoms with Gasteiger partial charge in [-0.1, -0.05) is 0 Å². The monoisotopic (exact) mass is 327 g/mol. The molecule has 1 saturated heterocycles. The fraction of sp³-hybridized carbons (Fsp3) is 0.500. The summed E-state index contributed by atoms with van der Waals surface area (Å²) < 4.78 is 59.7. The predicted octanol–water partition coefficient (Wildman–Crippen LogP) is 3.19. The van der Waals surface area contributed by atoms with Crippen LogP contribution in [0.2, 0.25) is 0 Å². The van der Waals surface area contributed by atoms with Crippen molar-refractivity contribution in [2.75, 3.05) is 18.0 Å². The van der Waals surface area contributed by atoms with Gasteiger partial charge in [-0.2, -0.15) is 13.2 Å². The Balaban J connectivity index is 2.23. The molecule has 0 bridgehead atoms. The van der Waals surface area contributed by atoms with Crippen molar-refractivity contribution >= 4 is 27.1 Å². The van der Waals surface area contributed by atoms with Crippen LogP contribution in [0.3, 0.4) is 0 Å². The van der Waals surface area contributed by atoms with E-state index in [-0.39, 0.29) is 5.38 Å². The number of hydrogen-bond acceptors (Lipinski definition) is 3. The summed E-state index contributed by atoms with van der Waals surface area (Å²) >= 11 is 6.04. The standard InChI is InChI=1S/C12H13ClF3NO2S/c13-9-2-1-7-17(8-9)10-3-5-11(6-4-10)20(18,19)12(14,15)16/h3-6,9H,1-2,7-8H2. The number of halogens is 4. The number of piperidine rings is 1. The van der Waals surface area contributed by atoms with Crippen LogP contribution in [0, 0.1) is 0 Å². The normalized spacial score (nSPS) is 21.0. The van der Waals surface area contributed by atoms with Crippen LogP contribution in [-0.2, 0) is 9.84 Å². The van der Waals surface area contributed by atoms with Crippen molar-refractivity contribution < 1.29 is 21.6 Å². The van der Waals surface area contributed by atoms with Gasteiger partial charge < -0.3 is 4.90 Å². The summed E-state index contributed by atoms with van der Waals surface area (Å²) in [5.41, 5.74) is -4.60. The molecule has 1 heterocycles. The molecule has 0 N–H and O–H groups in total. The molecule has 0 aliphatic carbocycles. The Kier molecular flexibility index (Phi) is 4.20. The summed E-state index contributed by atoms with van der Waals surface area (Å²) in [5.74, 6) is 0. The van der Waals surface area contributed by atoms with Gasteiger partial charge in [-0.25, -0.2) is 8.42 Å². The lowest BCUT2D eigenvalue weighted by molar-refractivity contribution is -0.0436. The first-order chi connectivity index (χ1) is 9.22. The van der Waals surface area contributed by atoms with Gasteiger partial charge in [0.25, 0.3) is 9.84 Å². The van der Waals surface area contributed by atoms with Gasteiger partial charge in [0.15, 0.2) is 0 Å². The number of rotatable bonds is 2. The average Bonchev–Trinajstić information content (AvgIpc) is 2.37. The van der Waals surface area contributed by atoms with Crippen molar-refractivity contribution in [3.05, 3.63) is 24.3 Å². The summed E-state index contributed by atoms with van der Waals surface area (Å²) in [4.78, 5) is 1.19. The molecule has 1 fully saturated rings. The molecule has 0 aromatic heterocycles. The summed E-state index contributed by atoms with van der Waals surface area (Å²) in [6.45, 7) is 1.36. The smallest absolute Gasteiger partial charge is 0.370 e. The molecular formula is C12H13ClF3NO2S. The Morgan fingerprint density at radius 2 is 1.80 bits per heavy atom. The maximum Gasteiger partial charge on any atom is 0.501 e. The number of nitrogens with zero attached hydrogens (tertiary/aromatic N) is 1. The summed E-state index contributed by atoms with van der Waals surface area (Å²) in [6.07, 6.45) is 1.80. The van der Waals surface area contributed by atoms with Crippen LogP contribution in [0.25, 0.3) is 0 Å². The van der Waals surface area contributed by atoms with E-state index in [9.17, 15) is 21.6 Å². The number of alkyl halides is 4. The fourth-order valence-corrected chi connectivity index (χ4v) is 3.21. The summed E-state index contributed by atoms with van der Waals surface area (Å²) in [7, 11) is -5.28. The lowest BCUT2D eigenvalue weighted by atomic mass is 10.1. The third kappa shape index (κ3) is 3.03. The minimum Gasteiger partial charge on any atom is -0.370 e. The van der Waals surface area contributed by atoms with Crippen molar-refractivity contribution in [2.45, 2.75) is 28.6 Å². The van der Waals surface area contributed by atoms with Gasteiger partial charge in [0.2, 0.25) is 0 Å². The van der Waals surface area contributed by atoms with E-state index in [1.54, 1.807) is 0 Å². The first-order valence-corrected chi connectivity index (χ1v) is 7.94. The minimum absolute atomic E-state index is 0.00216. The second-order valence-electron chi connectivity index (χ2n) is 4.63. The molecule has 2 rings (SSSR count). The van der Waals surface area contributed by atoms with Gasteiger partial charge in [0.05, 0.1) is 10.3 Å². The van der Waals surface area contributed by atoms with Crippen molar-refractivity contribution in [3.63, 3.8) is 0 Å². The highest BCUT2D eigenvalue weighted by atomic mass is 35.5. The summed E-state index contributed by atoms with van der Waals surface area (Å²) in [5, 5.41) is 0.00216. The maximum absolute atomic E-state index is 12.4. The number of benzene rings is 1. The van der Waals surface area contributed by atoms with E-state index in [2.05, 4.69) is 0 Å². The topological polar surface area (TPSA) is 37.4 Å². The molecule has 1 aliphatic heterocycles. The molecule has 112 valence electrons. The van der Waals surface area contributed by atoms with E-state index >= 15 is 0 Å². The van der Waals surface area contributed by atoms with Crippen molar-refractivity contribution in [2.24, 2.45) is 0 Å². The molecule has 1 aliphatic rings. The molecule has 0 radical (unpaired) electrons. The van der Waals surface area contributed by atoms with E-state index in [4.69, 9.17) is 11.6 Å². The zero-order valence-corrected chi connectivity index (χ0v) is 12.0. The third-order valence-electron chi connectivity index (χ3n) is 3.18. The van der Waals surface area contributed by atoms with E-state index in [1.807, 2.05) is 4.90 Å². The molecule has 0 spiro atoms. The van der Waals surface area contributed by atoms with Crippen LogP contribution < -0.4 is 4.90 Å². The van der Waals surface area contributed by atoms with Crippen molar-refractivity contribution in [3.8, 4) is 0 Å². The zero-order valence-electron chi connectivity index (χ0n) is 10.4. The molecule has 0 amide bonds. The van der Waals surface area contributed by atoms with Crippen LogP contribution in [0.1, 0.15) is 12.8 Å². The average molecular weight is 328 g/mol. The van der Waals surface area contributed by atoms with Crippen LogP contribution in [0.5, 0.6) is 0 Å². The molecule has 0 saturated carbocycles. The second-order valence-corrected chi connectivity index (χ2v) is 7.19. The molecule has 1 atom stereocenters. The first-order valence-electron chi connectivity index (χ1n) is 6.02. The zero-order chi connectivity index (χ0) is 15.0. The molecule has 1 aromatic rings. The number of sulfone groups is 1. The van der Waals surface area contributed by atoms with E-state index in [0.29, 0.717) is 12.2 Å². The Morgan fingerprint density at radius 1 is 1.20 bits per heavy atom. The number of anilines is 1. The van der Waals surface area contributed by atoms with Crippen molar-refractivity contribution in [1.29, 1.82) is 0 Å². The van der Waals surface area contributed by atoms with Crippen molar-refractivity contribution in [1.82, 2.24) is 0 Å². The van der Waals surface area contributed by atoms with Gasteiger partial charge in [-0.05, 0) is 37.1 Å². The lowest BCUT2D eigenvalue weighted by Gasteiger charge is -2.31. The Bertz CT molecular complexity index is 571. The quantitative estimate of drug-likeness (QED) is 0.783. The largest absolute Gasteiger partial charge is 0.501 e. The summed E-state index contributed by atoms with van der Waals surface area (Å²) in [6, 6.07) is 4.73. The van der Waals surface area contributed by atoms with Gasteiger partial charge in [-0.3, -0.25) is 0 Å². The molecule has 1 unspecified atom stereocenters. The lowest BCUT2D eigenvalue weighted by Crippen LogP contribution is -2.35. The highest BCUT2D eigenvalue weighted by molar-refractivity contribution is 7.92. The number of hydrogen-bond donors (Lipinski definition) is 0. The fourth-order valence-electron chi connectivity index (χ4n) is 2.13. The highest BCUT2D eigenvalue weighted by Gasteiger charge is 2.46. The maximum atomic E-state index is 12.4. The van der Waals surface area contributed by atoms with E-state index < -0.39 is 20.2 Å². The molecule has 1 aromatic carbocycles. The van der Waals surface area contributed by atoms with E-state index in [1.165, 1.54) is 12.1 Å². The van der Waals surface area contributed by atoms with Crippen LogP contribution in [-0.4, -0.2) is 32.4 Å². The molecule has 8 heteroatoms. The Morgan fingerprint density at radius 3 is 2.30 bits per heavy atom. The second kappa shape index (κ2) is 5.44. The van der Waals surface area contributed by atoms with Gasteiger partial charge in [0.1, 0.15) is 0 Å². The molecule has 20 heavy (non-hydrogen) atoms. The SMILES string of the molecule is O=S(=O)(c1ccc(N2CCCC(Cl)C2)cc1)C(F)(F)F. The van der Waals surface area contributed by atoms with Crippen LogP contribution >= 0.6 is 11.6 Å². The van der Waals surface area contributed by atoms with Crippen LogP contribution in [0.15, 0.2) is 29.2 Å². The predicted molar refractivity (Wildman–Crippen MR) is 70.8 cm³/mol. The van der Waals surface area contributed by atoms with Gasteiger partial charge >= 0.3 is 5.51 Å². The minimum atomic E-state index is -5.28. The Hall–Kier alpha value is -0.950. The molecule has 3 nitrogen and oxygen atoms in total. The highest BCUT2D eigenvalue weighted by Crippen LogP contribution is 2.31. The van der Waals surface area contributed by atoms with Crippen LogP contribution in [0.4, 0.5) is 18.9 Å².